The van der Waals surface area contributed by atoms with Crippen molar-refractivity contribution in [2.45, 2.75) is 0 Å². The van der Waals surface area contributed by atoms with Gasteiger partial charge in [0.2, 0.25) is 5.89 Å². The number of para-hydroxylation sites is 1. The molecule has 0 saturated carbocycles. The van der Waals surface area contributed by atoms with Crippen molar-refractivity contribution in [3.05, 3.63) is 267 Å². The van der Waals surface area contributed by atoms with Crippen LogP contribution in [0.25, 0.3) is 100 Å². The van der Waals surface area contributed by atoms with Gasteiger partial charge in [0, 0.05) is 27.9 Å². The SMILES string of the molecule is c1ccc(-c2ccc(-c3ccc(N(c4cccc(-c5ccccc5-c5ccc6c(ccc7oc(-c8ccc(-c9ccccc9)cc8)nc76)c5)c4)c4ccccc4-c4ccccc4)cc3)cc2)cc1. The van der Waals surface area contributed by atoms with Gasteiger partial charge < -0.3 is 9.32 Å². The second-order valence-corrected chi connectivity index (χ2v) is 17.1. The number of fused-ring (bicyclic) bond motifs is 3. The summed E-state index contributed by atoms with van der Waals surface area (Å²) in [5.74, 6) is 0.617. The van der Waals surface area contributed by atoms with E-state index in [0.717, 1.165) is 83.4 Å². The summed E-state index contributed by atoms with van der Waals surface area (Å²) in [6, 6.07) is 95.1. The van der Waals surface area contributed by atoms with E-state index in [1.807, 2.05) is 12.1 Å². The molecule has 12 rings (SSSR count). The highest BCUT2D eigenvalue weighted by Gasteiger charge is 2.19. The summed E-state index contributed by atoms with van der Waals surface area (Å²) in [7, 11) is 0. The van der Waals surface area contributed by atoms with Crippen LogP contribution in [0.1, 0.15) is 0 Å². The van der Waals surface area contributed by atoms with Crippen LogP contribution < -0.4 is 4.90 Å². The van der Waals surface area contributed by atoms with Crippen molar-refractivity contribution in [2.75, 3.05) is 4.90 Å². The predicted octanol–water partition coefficient (Wildman–Crippen LogP) is 18.1. The van der Waals surface area contributed by atoms with Gasteiger partial charge in [-0.3, -0.25) is 0 Å². The van der Waals surface area contributed by atoms with Gasteiger partial charge >= 0.3 is 0 Å². The normalized spacial score (nSPS) is 11.2. The zero-order chi connectivity index (χ0) is 45.2. The molecule has 0 radical (unpaired) electrons. The molecule has 68 heavy (non-hydrogen) atoms. The maximum Gasteiger partial charge on any atom is 0.227 e. The summed E-state index contributed by atoms with van der Waals surface area (Å²) in [6.07, 6.45) is 0. The Hall–Kier alpha value is -9.05. The standard InChI is InChI=1S/C65H44N2O/c1-4-15-45(16-5-1)47-27-29-49(30-28-47)50-35-39-56(40-36-50)67(62-26-13-12-25-60(62)51-19-8-3-9-20-51)57-22-14-21-53(44-57)58-23-10-11-24-59(58)54-37-41-61-55(43-54)38-42-63-64(61)66-65(68-63)52-33-31-48(32-34-52)46-17-6-2-7-18-46/h1-44H. The Balaban J connectivity index is 0.897. The minimum Gasteiger partial charge on any atom is -0.436 e. The van der Waals surface area contributed by atoms with Crippen LogP contribution >= 0.6 is 0 Å². The predicted molar refractivity (Wildman–Crippen MR) is 284 cm³/mol. The summed E-state index contributed by atoms with van der Waals surface area (Å²) in [5.41, 5.74) is 19.8. The van der Waals surface area contributed by atoms with Crippen molar-refractivity contribution in [3.63, 3.8) is 0 Å². The zero-order valence-corrected chi connectivity index (χ0v) is 37.2. The topological polar surface area (TPSA) is 29.3 Å². The second-order valence-electron chi connectivity index (χ2n) is 17.1. The van der Waals surface area contributed by atoms with E-state index in [2.05, 4.69) is 260 Å². The molecule has 0 aliphatic rings. The monoisotopic (exact) mass is 868 g/mol. The molecule has 0 saturated heterocycles. The average Bonchev–Trinajstić information content (AvgIpc) is 3.87. The van der Waals surface area contributed by atoms with Gasteiger partial charge in [0.25, 0.3) is 0 Å². The largest absolute Gasteiger partial charge is 0.436 e. The third kappa shape index (κ3) is 7.82. The average molecular weight is 869 g/mol. The van der Waals surface area contributed by atoms with Crippen molar-refractivity contribution < 1.29 is 4.42 Å². The fraction of sp³-hybridized carbons (Fsp3) is 0. The molecular weight excluding hydrogens is 825 g/mol. The van der Waals surface area contributed by atoms with E-state index in [4.69, 9.17) is 9.40 Å². The number of aromatic nitrogens is 1. The fourth-order valence-electron chi connectivity index (χ4n) is 9.49. The summed E-state index contributed by atoms with van der Waals surface area (Å²) < 4.78 is 6.36. The van der Waals surface area contributed by atoms with E-state index in [0.29, 0.717) is 5.89 Å². The number of hydrogen-bond acceptors (Lipinski definition) is 3. The van der Waals surface area contributed by atoms with Gasteiger partial charge in [0.1, 0.15) is 5.52 Å². The second kappa shape index (κ2) is 17.7. The minimum atomic E-state index is 0.617. The highest BCUT2D eigenvalue weighted by atomic mass is 16.3. The Morgan fingerprint density at radius 1 is 0.294 bits per heavy atom. The van der Waals surface area contributed by atoms with E-state index in [1.54, 1.807) is 0 Å². The van der Waals surface area contributed by atoms with Crippen molar-refractivity contribution in [2.24, 2.45) is 0 Å². The third-order valence-corrected chi connectivity index (χ3v) is 12.9. The molecule has 0 aliphatic heterocycles. The van der Waals surface area contributed by atoms with Gasteiger partial charge in [-0.05, 0) is 121 Å². The van der Waals surface area contributed by atoms with Crippen LogP contribution in [-0.2, 0) is 0 Å². The molecule has 0 amide bonds. The first kappa shape index (κ1) is 40.5. The van der Waals surface area contributed by atoms with Crippen LogP contribution in [0.3, 0.4) is 0 Å². The molecular formula is C65H44N2O. The molecule has 0 aliphatic carbocycles. The highest BCUT2D eigenvalue weighted by Crippen LogP contribution is 2.44. The van der Waals surface area contributed by atoms with Crippen molar-refractivity contribution in [3.8, 4) is 78.2 Å². The molecule has 12 aromatic rings. The van der Waals surface area contributed by atoms with E-state index in [-0.39, 0.29) is 0 Å². The van der Waals surface area contributed by atoms with Crippen LogP contribution in [0.5, 0.6) is 0 Å². The van der Waals surface area contributed by atoms with E-state index >= 15 is 0 Å². The van der Waals surface area contributed by atoms with Gasteiger partial charge in [0.05, 0.1) is 5.69 Å². The van der Waals surface area contributed by atoms with E-state index < -0.39 is 0 Å². The Morgan fingerprint density at radius 2 is 0.750 bits per heavy atom. The number of rotatable bonds is 10. The number of nitrogens with zero attached hydrogens (tertiary/aromatic N) is 2. The summed E-state index contributed by atoms with van der Waals surface area (Å²) >= 11 is 0. The molecule has 3 heteroatoms. The van der Waals surface area contributed by atoms with Gasteiger partial charge in [-0.25, -0.2) is 4.98 Å². The van der Waals surface area contributed by atoms with Gasteiger partial charge in [0.15, 0.2) is 5.58 Å². The molecule has 0 fully saturated rings. The first-order valence-electron chi connectivity index (χ1n) is 23.1. The molecule has 0 N–H and O–H groups in total. The quantitative estimate of drug-likeness (QED) is 0.137. The molecule has 0 spiro atoms. The zero-order valence-electron chi connectivity index (χ0n) is 37.2. The van der Waals surface area contributed by atoms with Crippen LogP contribution in [-0.4, -0.2) is 4.98 Å². The molecule has 11 aromatic carbocycles. The number of anilines is 3. The Bertz CT molecular complexity index is 3690. The van der Waals surface area contributed by atoms with Crippen molar-refractivity contribution >= 4 is 38.9 Å². The van der Waals surface area contributed by atoms with Gasteiger partial charge in [-0.1, -0.05) is 212 Å². The Labute approximate surface area is 396 Å². The van der Waals surface area contributed by atoms with E-state index in [9.17, 15) is 0 Å². The van der Waals surface area contributed by atoms with E-state index in [1.165, 1.54) is 27.8 Å². The molecule has 3 nitrogen and oxygen atoms in total. The van der Waals surface area contributed by atoms with Crippen LogP contribution in [0.2, 0.25) is 0 Å². The number of benzene rings is 11. The van der Waals surface area contributed by atoms with Gasteiger partial charge in [-0.15, -0.1) is 0 Å². The van der Waals surface area contributed by atoms with Crippen LogP contribution in [0.15, 0.2) is 271 Å². The lowest BCUT2D eigenvalue weighted by Gasteiger charge is -2.28. The maximum atomic E-state index is 6.36. The van der Waals surface area contributed by atoms with Crippen molar-refractivity contribution in [1.82, 2.24) is 4.98 Å². The Morgan fingerprint density at radius 3 is 1.35 bits per heavy atom. The first-order valence-corrected chi connectivity index (χ1v) is 23.1. The van der Waals surface area contributed by atoms with Crippen LogP contribution in [0, 0.1) is 0 Å². The molecule has 0 atom stereocenters. The minimum absolute atomic E-state index is 0.617. The first-order chi connectivity index (χ1) is 33.7. The fourth-order valence-corrected chi connectivity index (χ4v) is 9.49. The number of oxazole rings is 1. The smallest absolute Gasteiger partial charge is 0.227 e. The molecule has 320 valence electrons. The van der Waals surface area contributed by atoms with Gasteiger partial charge in [-0.2, -0.15) is 0 Å². The van der Waals surface area contributed by atoms with Crippen LogP contribution in [0.4, 0.5) is 17.1 Å². The lowest BCUT2D eigenvalue weighted by molar-refractivity contribution is 0.620. The maximum absolute atomic E-state index is 6.36. The summed E-state index contributed by atoms with van der Waals surface area (Å²) in [5, 5.41) is 2.17. The Kier molecular flexibility index (Phi) is 10.6. The lowest BCUT2D eigenvalue weighted by atomic mass is 9.92. The highest BCUT2D eigenvalue weighted by molar-refractivity contribution is 6.06. The molecule has 0 bridgehead atoms. The molecule has 1 heterocycles. The van der Waals surface area contributed by atoms with Crippen molar-refractivity contribution in [1.29, 1.82) is 0 Å². The molecule has 0 unspecified atom stereocenters. The summed E-state index contributed by atoms with van der Waals surface area (Å²) in [4.78, 5) is 7.44. The number of hydrogen-bond donors (Lipinski definition) is 0. The third-order valence-electron chi connectivity index (χ3n) is 12.9. The lowest BCUT2D eigenvalue weighted by Crippen LogP contribution is -2.11. The summed E-state index contributed by atoms with van der Waals surface area (Å²) in [6.45, 7) is 0. The molecule has 1 aromatic heterocycles.